The number of carbonyl (C=O) groups is 2. The first kappa shape index (κ1) is 29.4. The van der Waals surface area contributed by atoms with Gasteiger partial charge in [0.2, 0.25) is 0 Å². The second-order valence-electron chi connectivity index (χ2n) is 1.49. The topological polar surface area (TPSA) is 62.3 Å². The van der Waals surface area contributed by atoms with Crippen molar-refractivity contribution in [3.05, 3.63) is 10.6 Å². The van der Waals surface area contributed by atoms with E-state index in [0.29, 0.717) is 0 Å². The van der Waals surface area contributed by atoms with Gasteiger partial charge in [0.15, 0.2) is 0 Å². The number of nitrogens with zero attached hydrogens (tertiary/aromatic N) is 2. The average Bonchev–Trinajstić information content (AvgIpc) is 1.89. The van der Waals surface area contributed by atoms with Gasteiger partial charge in [-0.3, -0.25) is 0 Å². The van der Waals surface area contributed by atoms with Crippen molar-refractivity contribution in [3.8, 4) is 0 Å². The van der Waals surface area contributed by atoms with Crippen LogP contribution in [-0.4, -0.2) is 25.9 Å². The molecule has 4 nitrogen and oxygen atoms in total. The number of halogens is 2. The van der Waals surface area contributed by atoms with Gasteiger partial charge in [0, 0.05) is 11.8 Å². The summed E-state index contributed by atoms with van der Waals surface area (Å²) in [5.74, 6) is -0.241. The molecule has 0 aliphatic heterocycles. The molecule has 0 aromatic carbocycles. The van der Waals surface area contributed by atoms with Crippen LogP contribution in [-0.2, 0) is 31.3 Å². The van der Waals surface area contributed by atoms with Crippen LogP contribution >= 0.6 is 0 Å². The summed E-state index contributed by atoms with van der Waals surface area (Å²) in [6.45, 7) is 2.83. The summed E-state index contributed by atoms with van der Waals surface area (Å²) >= 11 is 0. The Morgan fingerprint density at radius 1 is 0.846 bits per heavy atom. The summed E-state index contributed by atoms with van der Waals surface area (Å²) in [6, 6.07) is 0. The minimum Gasteiger partial charge on any atom is -1.00 e. The molecule has 0 unspecified atom stereocenters. The molecule has 76 valence electrons. The van der Waals surface area contributed by atoms with Gasteiger partial charge in [-0.05, 0) is 13.8 Å². The molecule has 0 aromatic rings. The van der Waals surface area contributed by atoms with E-state index in [4.69, 9.17) is 0 Å². The van der Waals surface area contributed by atoms with E-state index in [1.807, 2.05) is 0 Å². The Hall–Kier alpha value is -0.486. The molecule has 2 amide bonds. The molecule has 0 saturated carbocycles. The van der Waals surface area contributed by atoms with Crippen molar-refractivity contribution in [2.45, 2.75) is 13.8 Å². The van der Waals surface area contributed by atoms with Gasteiger partial charge < -0.3 is 29.6 Å². The molecule has 0 aromatic heterocycles. The Morgan fingerprint density at radius 2 is 0.923 bits per heavy atom. The zero-order valence-corrected chi connectivity index (χ0v) is 9.53. The van der Waals surface area contributed by atoms with E-state index in [9.17, 15) is 9.59 Å². The van der Waals surface area contributed by atoms with E-state index < -0.39 is 0 Å². The monoisotopic (exact) mass is 230 g/mol. The minimum absolute atomic E-state index is 0. The van der Waals surface area contributed by atoms with Crippen molar-refractivity contribution in [2.75, 3.05) is 14.1 Å². The van der Waals surface area contributed by atoms with Crippen molar-refractivity contribution in [1.82, 2.24) is 0 Å². The predicted octanol–water partition coefficient (Wildman–Crippen LogP) is -4.92. The quantitative estimate of drug-likeness (QED) is 0.391. The Labute approximate surface area is 91.5 Å². The molecule has 0 aliphatic carbocycles. The summed E-state index contributed by atoms with van der Waals surface area (Å²) in [7, 11) is 2.95. The Balaban J connectivity index is -0.0000000267. The standard InChI is InChI=1S/2C3H7NO.2FH.Ti/c2*1-3(5)4-2;;;/h2*1-2H3,(H,4,5);2*1H;/q;;;;+4/p-4. The SMILES string of the molecule is C[N-]C(C)=O.C[N-]C(C)=O.[F-].[F-].[Ti+4]. The van der Waals surface area contributed by atoms with Crippen LogP contribution in [0.2, 0.25) is 0 Å². The number of amides is 2. The Morgan fingerprint density at radius 3 is 0.923 bits per heavy atom. The Kier molecular flexibility index (Phi) is 51.0. The van der Waals surface area contributed by atoms with Crippen molar-refractivity contribution in [3.63, 3.8) is 0 Å². The largest absolute Gasteiger partial charge is 4.00 e. The van der Waals surface area contributed by atoms with Crippen LogP contribution in [0, 0.1) is 0 Å². The molecule has 0 fully saturated rings. The molecular formula is C6H12F2N2O2Ti. The van der Waals surface area contributed by atoms with E-state index >= 15 is 0 Å². The van der Waals surface area contributed by atoms with Crippen molar-refractivity contribution in [1.29, 1.82) is 0 Å². The first-order valence-corrected chi connectivity index (χ1v) is 2.75. The van der Waals surface area contributed by atoms with Gasteiger partial charge in [-0.15, -0.1) is 14.1 Å². The van der Waals surface area contributed by atoms with Gasteiger partial charge in [0.1, 0.15) is 0 Å². The van der Waals surface area contributed by atoms with Crippen molar-refractivity contribution in [2.24, 2.45) is 0 Å². The van der Waals surface area contributed by atoms with Crippen LogP contribution in [0.15, 0.2) is 0 Å². The van der Waals surface area contributed by atoms with E-state index in [2.05, 4.69) is 10.6 Å². The number of hydrogen-bond acceptors (Lipinski definition) is 2. The molecule has 0 spiro atoms. The van der Waals surface area contributed by atoms with E-state index in [-0.39, 0.29) is 42.9 Å². The number of hydrogen-bond donors (Lipinski definition) is 0. The zero-order valence-electron chi connectivity index (χ0n) is 7.97. The van der Waals surface area contributed by atoms with Gasteiger partial charge in [0.25, 0.3) is 0 Å². The third-order valence-corrected chi connectivity index (χ3v) is 0.630. The molecule has 7 heteroatoms. The van der Waals surface area contributed by atoms with Gasteiger partial charge in [-0.2, -0.15) is 0 Å². The van der Waals surface area contributed by atoms with E-state index in [0.717, 1.165) is 0 Å². The fraction of sp³-hybridized carbons (Fsp3) is 0.667. The Bertz CT molecular complexity index is 111. The van der Waals surface area contributed by atoms with Crippen LogP contribution in [0.4, 0.5) is 0 Å². The van der Waals surface area contributed by atoms with Gasteiger partial charge >= 0.3 is 21.7 Å². The first-order chi connectivity index (χ1) is 4.54. The number of rotatable bonds is 0. The molecule has 0 radical (unpaired) electrons. The van der Waals surface area contributed by atoms with Crippen LogP contribution in [0.1, 0.15) is 13.8 Å². The smallest absolute Gasteiger partial charge is 1.00 e. The fourth-order valence-electron chi connectivity index (χ4n) is 0. The summed E-state index contributed by atoms with van der Waals surface area (Å²) < 4.78 is 0. The second kappa shape index (κ2) is 22.5. The molecule has 13 heavy (non-hydrogen) atoms. The minimum atomic E-state index is -0.120. The summed E-state index contributed by atoms with van der Waals surface area (Å²) in [6.07, 6.45) is 0. The van der Waals surface area contributed by atoms with Crippen LogP contribution < -0.4 is 9.41 Å². The summed E-state index contributed by atoms with van der Waals surface area (Å²) in [5, 5.41) is 6.50. The summed E-state index contributed by atoms with van der Waals surface area (Å²) in [5.41, 5.74) is 0. The maximum absolute atomic E-state index is 9.65. The fourth-order valence-corrected chi connectivity index (χ4v) is 0. The molecule has 0 bridgehead atoms. The maximum Gasteiger partial charge on any atom is 4.00 e. The average molecular weight is 230 g/mol. The number of carbonyl (C=O) groups excluding carboxylic acids is 2. The van der Waals surface area contributed by atoms with Crippen LogP contribution in [0.3, 0.4) is 0 Å². The predicted molar refractivity (Wildman–Crippen MR) is 39.9 cm³/mol. The van der Waals surface area contributed by atoms with Crippen LogP contribution in [0.5, 0.6) is 0 Å². The molecule has 0 N–H and O–H groups in total. The van der Waals surface area contributed by atoms with Gasteiger partial charge in [-0.1, -0.05) is 0 Å². The van der Waals surface area contributed by atoms with E-state index in [1.54, 1.807) is 0 Å². The third kappa shape index (κ3) is 84.4. The molecule has 0 aliphatic rings. The zero-order chi connectivity index (χ0) is 8.57. The molecule has 0 atom stereocenters. The van der Waals surface area contributed by atoms with E-state index in [1.165, 1.54) is 27.9 Å². The molecule has 0 heterocycles. The van der Waals surface area contributed by atoms with Gasteiger partial charge in [0.05, 0.1) is 0 Å². The first-order valence-electron chi connectivity index (χ1n) is 2.75. The van der Waals surface area contributed by atoms with Crippen molar-refractivity contribution < 1.29 is 40.7 Å². The second-order valence-corrected chi connectivity index (χ2v) is 1.49. The molecule has 0 rings (SSSR count). The maximum atomic E-state index is 9.65. The molecular weight excluding hydrogens is 218 g/mol. The third-order valence-electron chi connectivity index (χ3n) is 0.630. The summed E-state index contributed by atoms with van der Waals surface area (Å²) in [4.78, 5) is 19.3. The normalized spacial score (nSPS) is 5.23. The molecule has 0 saturated heterocycles. The van der Waals surface area contributed by atoms with Crippen LogP contribution in [0.25, 0.3) is 10.6 Å². The van der Waals surface area contributed by atoms with Gasteiger partial charge in [-0.25, -0.2) is 0 Å². The van der Waals surface area contributed by atoms with Crippen molar-refractivity contribution >= 4 is 11.8 Å².